The molecule has 214 valence electrons. The summed E-state index contributed by atoms with van der Waals surface area (Å²) in [4.78, 5) is 37.1. The molecule has 40 heavy (non-hydrogen) atoms. The van der Waals surface area contributed by atoms with Gasteiger partial charge in [-0.05, 0) is 68.5 Å². The van der Waals surface area contributed by atoms with Gasteiger partial charge in [0.25, 0.3) is 11.8 Å². The number of amides is 2. The van der Waals surface area contributed by atoms with Crippen molar-refractivity contribution in [3.63, 3.8) is 0 Å². The van der Waals surface area contributed by atoms with Crippen LogP contribution in [-0.4, -0.2) is 96.0 Å². The third-order valence-corrected chi connectivity index (χ3v) is 7.06. The predicted octanol–water partition coefficient (Wildman–Crippen LogP) is 3.82. The molecule has 0 saturated carbocycles. The van der Waals surface area contributed by atoms with E-state index in [0.29, 0.717) is 42.0 Å². The Hall–Kier alpha value is -3.83. The van der Waals surface area contributed by atoms with Crippen molar-refractivity contribution >= 4 is 17.5 Å². The second-order valence-corrected chi connectivity index (χ2v) is 10.0. The third kappa shape index (κ3) is 7.02. The van der Waals surface area contributed by atoms with Crippen LogP contribution in [0.5, 0.6) is 5.75 Å². The summed E-state index contributed by atoms with van der Waals surface area (Å²) < 4.78 is 30.9. The topological polar surface area (TPSA) is 82.9 Å². The Morgan fingerprint density at radius 2 is 1.77 bits per heavy atom. The lowest BCUT2D eigenvalue weighted by Gasteiger charge is -2.35. The van der Waals surface area contributed by atoms with E-state index >= 15 is 0 Å². The largest absolute Gasteiger partial charge is 0.435 e. The Labute approximate surface area is 233 Å². The standard InChI is InChI=1S/C29H36F2N6O3/c1-5-20-18-22(8-11-24(20)28(39)37-16-14-36(15-17-37)13-12-34(2)3)33-27(38)26-32-19-25(35(26)4)21-6-9-23(10-7-21)40-29(30)31/h6-11,18-19,29H,5,12-17H2,1-4H3,(H,33,38). The SMILES string of the molecule is CCc1cc(NC(=O)c2ncc(-c3ccc(OC(F)F)cc3)n2C)ccc1C(=O)N1CCN(CCN(C)C)CC1. The van der Waals surface area contributed by atoms with Crippen LogP contribution in [0.3, 0.4) is 0 Å². The summed E-state index contributed by atoms with van der Waals surface area (Å²) in [5, 5.41) is 2.88. The minimum Gasteiger partial charge on any atom is -0.435 e. The number of ether oxygens (including phenoxy) is 1. The van der Waals surface area contributed by atoms with E-state index in [1.807, 2.05) is 17.9 Å². The minimum atomic E-state index is -2.90. The van der Waals surface area contributed by atoms with Crippen LogP contribution in [0.4, 0.5) is 14.5 Å². The minimum absolute atomic E-state index is 0.0145. The molecule has 2 heterocycles. The number of nitrogens with zero attached hydrogens (tertiary/aromatic N) is 5. The molecule has 1 saturated heterocycles. The van der Waals surface area contributed by atoms with Crippen LogP contribution in [0, 0.1) is 0 Å². The first-order valence-electron chi connectivity index (χ1n) is 13.3. The van der Waals surface area contributed by atoms with Gasteiger partial charge in [0.05, 0.1) is 11.9 Å². The van der Waals surface area contributed by atoms with Crippen LogP contribution in [0.1, 0.15) is 33.5 Å². The van der Waals surface area contributed by atoms with E-state index in [1.54, 1.807) is 42.1 Å². The Morgan fingerprint density at radius 3 is 2.40 bits per heavy atom. The fourth-order valence-electron chi connectivity index (χ4n) is 4.74. The molecule has 4 rings (SSSR count). The molecule has 1 fully saturated rings. The molecule has 0 unspecified atom stereocenters. The van der Waals surface area contributed by atoms with Gasteiger partial charge < -0.3 is 24.4 Å². The lowest BCUT2D eigenvalue weighted by molar-refractivity contribution is -0.0498. The molecule has 0 atom stereocenters. The Kier molecular flexibility index (Phi) is 9.49. The first-order valence-corrected chi connectivity index (χ1v) is 13.3. The zero-order valence-corrected chi connectivity index (χ0v) is 23.4. The molecule has 1 aromatic heterocycles. The molecule has 0 aliphatic carbocycles. The first-order chi connectivity index (χ1) is 19.2. The first kappa shape index (κ1) is 29.2. The molecule has 3 aromatic rings. The second kappa shape index (κ2) is 13.0. The second-order valence-electron chi connectivity index (χ2n) is 10.0. The van der Waals surface area contributed by atoms with E-state index in [4.69, 9.17) is 0 Å². The number of aryl methyl sites for hydroxylation is 1. The number of imidazole rings is 1. The molecule has 2 amide bonds. The highest BCUT2D eigenvalue weighted by atomic mass is 19.3. The van der Waals surface area contributed by atoms with Gasteiger partial charge in [-0.25, -0.2) is 4.98 Å². The fourth-order valence-corrected chi connectivity index (χ4v) is 4.74. The number of hydrogen-bond donors (Lipinski definition) is 1. The maximum Gasteiger partial charge on any atom is 0.387 e. The van der Waals surface area contributed by atoms with E-state index in [9.17, 15) is 18.4 Å². The molecule has 2 aromatic carbocycles. The van der Waals surface area contributed by atoms with Gasteiger partial charge in [-0.3, -0.25) is 14.5 Å². The number of hydrogen-bond acceptors (Lipinski definition) is 6. The highest BCUT2D eigenvalue weighted by molar-refractivity contribution is 6.03. The summed E-state index contributed by atoms with van der Waals surface area (Å²) in [5.41, 5.74) is 3.44. The molecular formula is C29H36F2N6O3. The van der Waals surface area contributed by atoms with Crippen LogP contribution >= 0.6 is 0 Å². The molecule has 9 nitrogen and oxygen atoms in total. The van der Waals surface area contributed by atoms with Gasteiger partial charge in [-0.2, -0.15) is 8.78 Å². The van der Waals surface area contributed by atoms with Crippen LogP contribution in [0.15, 0.2) is 48.7 Å². The van der Waals surface area contributed by atoms with Gasteiger partial charge in [0, 0.05) is 63.1 Å². The molecular weight excluding hydrogens is 518 g/mol. The van der Waals surface area contributed by atoms with Crippen molar-refractivity contribution in [3.8, 4) is 17.0 Å². The lowest BCUT2D eigenvalue weighted by atomic mass is 10.0. The Morgan fingerprint density at radius 1 is 1.07 bits per heavy atom. The number of rotatable bonds is 10. The number of piperazine rings is 1. The molecule has 1 aliphatic rings. The number of nitrogens with one attached hydrogen (secondary N) is 1. The van der Waals surface area contributed by atoms with Gasteiger partial charge >= 0.3 is 6.61 Å². The normalized spacial score (nSPS) is 14.2. The molecule has 0 spiro atoms. The fraction of sp³-hybridized carbons (Fsp3) is 0.414. The summed E-state index contributed by atoms with van der Waals surface area (Å²) in [6.07, 6.45) is 2.20. The summed E-state index contributed by atoms with van der Waals surface area (Å²) in [7, 11) is 5.83. The maximum atomic E-state index is 13.3. The van der Waals surface area contributed by atoms with Crippen molar-refractivity contribution in [1.82, 2.24) is 24.3 Å². The average Bonchev–Trinajstić information content (AvgIpc) is 3.33. The number of benzene rings is 2. The van der Waals surface area contributed by atoms with Crippen molar-refractivity contribution < 1.29 is 23.1 Å². The van der Waals surface area contributed by atoms with Crippen molar-refractivity contribution in [3.05, 3.63) is 65.6 Å². The molecule has 0 bridgehead atoms. The Balaban J connectivity index is 1.41. The van der Waals surface area contributed by atoms with E-state index in [0.717, 1.165) is 31.7 Å². The molecule has 0 radical (unpaired) electrons. The monoisotopic (exact) mass is 554 g/mol. The highest BCUT2D eigenvalue weighted by Crippen LogP contribution is 2.25. The third-order valence-electron chi connectivity index (χ3n) is 7.06. The van der Waals surface area contributed by atoms with Crippen LogP contribution in [-0.2, 0) is 13.5 Å². The number of carbonyl (C=O) groups is 2. The zero-order chi connectivity index (χ0) is 28.8. The summed E-state index contributed by atoms with van der Waals surface area (Å²) in [6, 6.07) is 11.5. The summed E-state index contributed by atoms with van der Waals surface area (Å²) in [5.74, 6) is -0.148. The van der Waals surface area contributed by atoms with Crippen LogP contribution in [0.25, 0.3) is 11.3 Å². The number of halogens is 2. The smallest absolute Gasteiger partial charge is 0.387 e. The van der Waals surface area contributed by atoms with Crippen molar-refractivity contribution in [2.75, 3.05) is 58.7 Å². The summed E-state index contributed by atoms with van der Waals surface area (Å²) in [6.45, 7) is 4.17. The van der Waals surface area contributed by atoms with E-state index in [2.05, 4.69) is 38.9 Å². The zero-order valence-electron chi connectivity index (χ0n) is 23.4. The number of alkyl halides is 2. The van der Waals surface area contributed by atoms with Crippen molar-refractivity contribution in [1.29, 1.82) is 0 Å². The number of carbonyl (C=O) groups excluding carboxylic acids is 2. The quantitative estimate of drug-likeness (QED) is 0.410. The van der Waals surface area contributed by atoms with Crippen molar-refractivity contribution in [2.24, 2.45) is 7.05 Å². The van der Waals surface area contributed by atoms with Gasteiger partial charge in [-0.1, -0.05) is 6.92 Å². The summed E-state index contributed by atoms with van der Waals surface area (Å²) >= 11 is 0. The molecule has 1 aliphatic heterocycles. The van der Waals surface area contributed by atoms with E-state index < -0.39 is 12.5 Å². The molecule has 1 N–H and O–H groups in total. The number of aromatic nitrogens is 2. The van der Waals surface area contributed by atoms with Gasteiger partial charge in [0.15, 0.2) is 5.82 Å². The van der Waals surface area contributed by atoms with Crippen LogP contribution < -0.4 is 10.1 Å². The predicted molar refractivity (Wildman–Crippen MR) is 150 cm³/mol. The van der Waals surface area contributed by atoms with Gasteiger partial charge in [-0.15, -0.1) is 0 Å². The van der Waals surface area contributed by atoms with Crippen LogP contribution in [0.2, 0.25) is 0 Å². The number of anilines is 1. The van der Waals surface area contributed by atoms with Gasteiger partial charge in [0.1, 0.15) is 5.75 Å². The van der Waals surface area contributed by atoms with E-state index in [-0.39, 0.29) is 17.5 Å². The van der Waals surface area contributed by atoms with E-state index in [1.165, 1.54) is 12.1 Å². The number of likely N-dealkylation sites (N-methyl/N-ethyl adjacent to an activating group) is 1. The Bertz CT molecular complexity index is 1320. The highest BCUT2D eigenvalue weighted by Gasteiger charge is 2.24. The molecule has 11 heteroatoms. The van der Waals surface area contributed by atoms with Gasteiger partial charge in [0.2, 0.25) is 0 Å². The van der Waals surface area contributed by atoms with Crippen molar-refractivity contribution in [2.45, 2.75) is 20.0 Å². The maximum absolute atomic E-state index is 13.3. The average molecular weight is 555 g/mol. The lowest BCUT2D eigenvalue weighted by Crippen LogP contribution is -2.50.